The van der Waals surface area contributed by atoms with Crippen molar-refractivity contribution in [2.75, 3.05) is 0 Å². The Morgan fingerprint density at radius 1 is 1.05 bits per heavy atom. The summed E-state index contributed by atoms with van der Waals surface area (Å²) >= 11 is 0. The molecule has 0 atom stereocenters. The van der Waals surface area contributed by atoms with Gasteiger partial charge in [-0.2, -0.15) is 0 Å². The van der Waals surface area contributed by atoms with Gasteiger partial charge in [-0.25, -0.2) is 9.59 Å². The van der Waals surface area contributed by atoms with Crippen molar-refractivity contribution in [1.29, 1.82) is 0 Å². The maximum Gasteiger partial charge on any atom is 0.422 e. The summed E-state index contributed by atoms with van der Waals surface area (Å²) in [6.07, 6.45) is 3.50. The van der Waals surface area contributed by atoms with Crippen LogP contribution < -0.4 is 11.4 Å². The molecule has 0 unspecified atom stereocenters. The lowest BCUT2D eigenvalue weighted by Crippen LogP contribution is -2.32. The highest BCUT2D eigenvalue weighted by atomic mass is 16.4. The van der Waals surface area contributed by atoms with E-state index in [4.69, 9.17) is 4.42 Å². The van der Waals surface area contributed by atoms with Gasteiger partial charge in [0.25, 0.3) is 0 Å². The molecule has 4 nitrogen and oxygen atoms in total. The number of aromatic nitrogens is 1. The van der Waals surface area contributed by atoms with Crippen LogP contribution in [0.15, 0.2) is 44.3 Å². The Balaban J connectivity index is 2.11. The van der Waals surface area contributed by atoms with Crippen molar-refractivity contribution >= 4 is 0 Å². The largest absolute Gasteiger partial charge is 0.422 e. The summed E-state index contributed by atoms with van der Waals surface area (Å²) in [6, 6.07) is 9.74. The summed E-state index contributed by atoms with van der Waals surface area (Å²) in [4.78, 5) is 23.6. The van der Waals surface area contributed by atoms with Crippen LogP contribution >= 0.6 is 0 Å². The molecule has 0 saturated heterocycles. The Morgan fingerprint density at radius 2 is 1.79 bits per heavy atom. The lowest BCUT2D eigenvalue weighted by molar-refractivity contribution is 0.383. The minimum atomic E-state index is -0.547. The lowest BCUT2D eigenvalue weighted by Gasteiger charge is -2.18. The SMILES string of the molecule is O=c1oc(=O)n(Cc2ccccc2)c2c1CCCC2. The van der Waals surface area contributed by atoms with Gasteiger partial charge < -0.3 is 4.42 Å². The highest BCUT2D eigenvalue weighted by Crippen LogP contribution is 2.17. The maximum absolute atomic E-state index is 11.9. The molecule has 4 heteroatoms. The van der Waals surface area contributed by atoms with Gasteiger partial charge in [0.1, 0.15) is 0 Å². The van der Waals surface area contributed by atoms with Crippen LogP contribution in [0.25, 0.3) is 0 Å². The summed E-state index contributed by atoms with van der Waals surface area (Å²) in [6.45, 7) is 0.464. The molecule has 0 saturated carbocycles. The van der Waals surface area contributed by atoms with E-state index in [1.54, 1.807) is 4.57 Å². The number of benzene rings is 1. The van der Waals surface area contributed by atoms with Gasteiger partial charge in [0.15, 0.2) is 0 Å². The number of fused-ring (bicyclic) bond motifs is 1. The van der Waals surface area contributed by atoms with Crippen LogP contribution in [0, 0.1) is 0 Å². The van der Waals surface area contributed by atoms with Crippen molar-refractivity contribution in [3.8, 4) is 0 Å². The highest BCUT2D eigenvalue weighted by molar-refractivity contribution is 5.22. The Labute approximate surface area is 110 Å². The second kappa shape index (κ2) is 4.88. The van der Waals surface area contributed by atoms with Gasteiger partial charge >= 0.3 is 11.4 Å². The van der Waals surface area contributed by atoms with Crippen molar-refractivity contribution in [2.45, 2.75) is 32.2 Å². The predicted molar refractivity (Wildman–Crippen MR) is 71.4 cm³/mol. The van der Waals surface area contributed by atoms with Crippen molar-refractivity contribution in [3.05, 3.63) is 68.1 Å². The van der Waals surface area contributed by atoms with E-state index < -0.39 is 11.4 Å². The van der Waals surface area contributed by atoms with Crippen LogP contribution in [0.4, 0.5) is 0 Å². The third-order valence-corrected chi connectivity index (χ3v) is 3.59. The first-order chi connectivity index (χ1) is 9.25. The van der Waals surface area contributed by atoms with E-state index in [1.165, 1.54) is 0 Å². The summed E-state index contributed by atoms with van der Waals surface area (Å²) in [5.41, 5.74) is 2.12. The van der Waals surface area contributed by atoms with Crippen LogP contribution in [0.1, 0.15) is 29.7 Å². The van der Waals surface area contributed by atoms with Gasteiger partial charge in [0.05, 0.1) is 12.1 Å². The first-order valence-electron chi connectivity index (χ1n) is 6.55. The van der Waals surface area contributed by atoms with E-state index in [1.807, 2.05) is 30.3 Å². The third-order valence-electron chi connectivity index (χ3n) is 3.59. The van der Waals surface area contributed by atoms with E-state index in [2.05, 4.69) is 0 Å². The van der Waals surface area contributed by atoms with Crippen LogP contribution in [0.2, 0.25) is 0 Å². The molecule has 98 valence electrons. The van der Waals surface area contributed by atoms with Crippen LogP contribution in [0.5, 0.6) is 0 Å². The molecule has 1 heterocycles. The fraction of sp³-hybridized carbons (Fsp3) is 0.333. The molecular formula is C15H15NO3. The fourth-order valence-corrected chi connectivity index (χ4v) is 2.64. The highest BCUT2D eigenvalue weighted by Gasteiger charge is 2.19. The third kappa shape index (κ3) is 2.26. The van der Waals surface area contributed by atoms with E-state index in [-0.39, 0.29) is 0 Å². The van der Waals surface area contributed by atoms with Crippen molar-refractivity contribution in [3.63, 3.8) is 0 Å². The average Bonchev–Trinajstić information content (AvgIpc) is 2.45. The summed E-state index contributed by atoms with van der Waals surface area (Å²) in [5, 5.41) is 0. The van der Waals surface area contributed by atoms with Crippen LogP contribution in [-0.4, -0.2) is 4.57 Å². The van der Waals surface area contributed by atoms with Gasteiger partial charge in [0.2, 0.25) is 0 Å². The summed E-state index contributed by atoms with van der Waals surface area (Å²) < 4.78 is 6.43. The molecule has 3 rings (SSSR count). The number of nitrogens with zero attached hydrogens (tertiary/aromatic N) is 1. The van der Waals surface area contributed by atoms with Gasteiger partial charge in [0, 0.05) is 5.69 Å². The van der Waals surface area contributed by atoms with Gasteiger partial charge in [-0.3, -0.25) is 4.57 Å². The van der Waals surface area contributed by atoms with Crippen LogP contribution in [0.3, 0.4) is 0 Å². The van der Waals surface area contributed by atoms with Crippen molar-refractivity contribution < 1.29 is 4.42 Å². The summed E-state index contributed by atoms with van der Waals surface area (Å²) in [7, 11) is 0. The van der Waals surface area contributed by atoms with Gasteiger partial charge in [-0.05, 0) is 31.2 Å². The Morgan fingerprint density at radius 3 is 2.58 bits per heavy atom. The topological polar surface area (TPSA) is 52.2 Å². The quantitative estimate of drug-likeness (QED) is 0.823. The molecule has 19 heavy (non-hydrogen) atoms. The lowest BCUT2D eigenvalue weighted by atomic mass is 9.97. The molecule has 0 radical (unpaired) electrons. The predicted octanol–water partition coefficient (Wildman–Crippen LogP) is 1.73. The zero-order valence-electron chi connectivity index (χ0n) is 10.6. The summed E-state index contributed by atoms with van der Waals surface area (Å²) in [5.74, 6) is -0.547. The minimum Gasteiger partial charge on any atom is -0.372 e. The Kier molecular flexibility index (Phi) is 3.07. The molecule has 0 bridgehead atoms. The van der Waals surface area contributed by atoms with E-state index in [9.17, 15) is 9.59 Å². The normalized spacial score (nSPS) is 14.1. The smallest absolute Gasteiger partial charge is 0.372 e. The van der Waals surface area contributed by atoms with Crippen LogP contribution in [-0.2, 0) is 19.4 Å². The van der Waals surface area contributed by atoms with E-state index in [0.29, 0.717) is 18.5 Å². The average molecular weight is 257 g/mol. The van der Waals surface area contributed by atoms with Crippen molar-refractivity contribution in [2.24, 2.45) is 0 Å². The zero-order valence-corrected chi connectivity index (χ0v) is 10.6. The zero-order chi connectivity index (χ0) is 13.2. The monoisotopic (exact) mass is 257 g/mol. The molecule has 1 aliphatic carbocycles. The molecule has 1 aromatic carbocycles. The molecule has 1 aromatic heterocycles. The Bertz CT molecular complexity index is 698. The van der Waals surface area contributed by atoms with Gasteiger partial charge in [-0.1, -0.05) is 30.3 Å². The molecule has 0 aliphatic heterocycles. The standard InChI is InChI=1S/C15H15NO3/c17-14-12-8-4-5-9-13(12)16(15(18)19-14)10-11-6-2-1-3-7-11/h1-3,6-7H,4-5,8-10H2. The second-order valence-electron chi connectivity index (χ2n) is 4.86. The second-order valence-corrected chi connectivity index (χ2v) is 4.86. The maximum atomic E-state index is 11.9. The number of hydrogen-bond acceptors (Lipinski definition) is 3. The molecule has 0 N–H and O–H groups in total. The number of rotatable bonds is 2. The first kappa shape index (κ1) is 12.0. The number of hydrogen-bond donors (Lipinski definition) is 0. The van der Waals surface area contributed by atoms with Gasteiger partial charge in [-0.15, -0.1) is 0 Å². The van der Waals surface area contributed by atoms with E-state index >= 15 is 0 Å². The first-order valence-corrected chi connectivity index (χ1v) is 6.55. The fourth-order valence-electron chi connectivity index (χ4n) is 2.64. The molecule has 0 fully saturated rings. The molecule has 2 aromatic rings. The Hall–Kier alpha value is -2.10. The molecule has 0 amide bonds. The van der Waals surface area contributed by atoms with E-state index in [0.717, 1.165) is 30.5 Å². The van der Waals surface area contributed by atoms with Crippen molar-refractivity contribution in [1.82, 2.24) is 4.57 Å². The molecular weight excluding hydrogens is 242 g/mol. The minimum absolute atomic E-state index is 0.455. The molecule has 0 spiro atoms. The molecule has 1 aliphatic rings.